The van der Waals surface area contributed by atoms with Gasteiger partial charge in [0.25, 0.3) is 17.7 Å². The lowest BCUT2D eigenvalue weighted by Gasteiger charge is -2.24. The Kier molecular flexibility index (Phi) is 14.3. The molecule has 4 aromatic rings. The minimum atomic E-state index is -2.54. The lowest BCUT2D eigenvalue weighted by Crippen LogP contribution is -2.54. The Balaban J connectivity index is 1.56. The fraction of sp³-hybridized carbons (Fsp3) is 0.158. The molecule has 0 saturated carbocycles. The van der Waals surface area contributed by atoms with Gasteiger partial charge in [-0.15, -0.1) is 0 Å². The summed E-state index contributed by atoms with van der Waals surface area (Å²) in [6.45, 7) is 2.25. The first-order valence-corrected chi connectivity index (χ1v) is 16.6. The molecule has 296 valence electrons. The minimum absolute atomic E-state index is 0.0411. The van der Waals surface area contributed by atoms with Crippen LogP contribution >= 0.6 is 11.6 Å². The van der Waals surface area contributed by atoms with Gasteiger partial charge in [-0.05, 0) is 84.9 Å². The summed E-state index contributed by atoms with van der Waals surface area (Å²) in [5.74, 6) is -9.27. The molecule has 0 heterocycles. The van der Waals surface area contributed by atoms with Gasteiger partial charge in [0.1, 0.15) is 0 Å². The number of methoxy groups -OCH3 is 2. The van der Waals surface area contributed by atoms with Gasteiger partial charge in [-0.25, -0.2) is 14.4 Å². The molecule has 0 radical (unpaired) electrons. The number of carbonyl (C=O) groups is 8. The van der Waals surface area contributed by atoms with Crippen LogP contribution in [0.25, 0.3) is 0 Å². The number of hydrogen-bond acceptors (Lipinski definition) is 14. The Morgan fingerprint density at radius 3 is 1.46 bits per heavy atom. The molecular weight excluding hydrogens is 774 g/mol. The number of amides is 3. The van der Waals surface area contributed by atoms with Gasteiger partial charge in [-0.2, -0.15) is 0 Å². The van der Waals surface area contributed by atoms with Crippen molar-refractivity contribution in [1.29, 1.82) is 0 Å². The van der Waals surface area contributed by atoms with E-state index in [9.17, 15) is 43.5 Å². The number of aliphatic carboxylic acids is 1. The number of ether oxygens (including phenoxy) is 6. The fourth-order valence-electron chi connectivity index (χ4n) is 4.70. The number of hydrogen-bond donors (Lipinski definition) is 4. The summed E-state index contributed by atoms with van der Waals surface area (Å²) in [5, 5.41) is 13.2. The molecule has 0 aliphatic heterocycles. The molecule has 0 bridgehead atoms. The Morgan fingerprint density at radius 1 is 0.561 bits per heavy atom. The van der Waals surface area contributed by atoms with Crippen molar-refractivity contribution < 1.29 is 71.9 Å². The van der Waals surface area contributed by atoms with E-state index in [1.54, 1.807) is 0 Å². The molecule has 4 N–H and O–H groups in total. The number of esters is 4. The number of hydrazine groups is 1. The molecule has 4 rings (SSSR count). The molecule has 0 fully saturated rings. The van der Waals surface area contributed by atoms with E-state index < -0.39 is 59.8 Å². The largest absolute Gasteiger partial charge is 0.493 e. The van der Waals surface area contributed by atoms with Crippen molar-refractivity contribution >= 4 is 64.9 Å². The van der Waals surface area contributed by atoms with Crippen molar-refractivity contribution in [2.24, 2.45) is 0 Å². The van der Waals surface area contributed by atoms with Crippen LogP contribution in [0.5, 0.6) is 23.0 Å². The summed E-state index contributed by atoms with van der Waals surface area (Å²) in [5.41, 5.74) is 3.94. The normalized spacial score (nSPS) is 11.4. The number of carbonyl (C=O) groups excluding carboxylic acids is 7. The number of rotatable bonds is 14. The topological polar surface area (TPSA) is 248 Å². The summed E-state index contributed by atoms with van der Waals surface area (Å²) in [6, 6.07) is 18.2. The van der Waals surface area contributed by atoms with Crippen molar-refractivity contribution in [3.05, 3.63) is 112 Å². The first-order chi connectivity index (χ1) is 27.1. The highest BCUT2D eigenvalue weighted by Crippen LogP contribution is 2.30. The van der Waals surface area contributed by atoms with Crippen LogP contribution in [0.4, 0.5) is 5.69 Å². The zero-order chi connectivity index (χ0) is 41.8. The lowest BCUT2D eigenvalue weighted by atomic mass is 10.1. The van der Waals surface area contributed by atoms with Gasteiger partial charge in [0, 0.05) is 35.7 Å². The smallest absolute Gasteiger partial charge is 0.349 e. The molecular formula is C38H32ClN3O15. The second-order valence-electron chi connectivity index (χ2n) is 11.4. The third-order valence-corrected chi connectivity index (χ3v) is 7.61. The molecule has 19 heteroatoms. The molecule has 0 aliphatic rings. The molecule has 57 heavy (non-hydrogen) atoms. The fourth-order valence-corrected chi connectivity index (χ4v) is 4.83. The van der Waals surface area contributed by atoms with Gasteiger partial charge in [0.15, 0.2) is 23.0 Å². The van der Waals surface area contributed by atoms with E-state index in [1.807, 2.05) is 5.43 Å². The average Bonchev–Trinajstić information content (AvgIpc) is 3.18. The van der Waals surface area contributed by atoms with Gasteiger partial charge in [-0.3, -0.25) is 34.8 Å². The molecule has 0 saturated heterocycles. The third-order valence-electron chi connectivity index (χ3n) is 7.36. The molecule has 3 amide bonds. The standard InChI is InChI=1S/C38H32ClN3O15/c1-19(43)54-27-15-9-23(17-29(27)52-3)37(50)56-31(32(36(48)49)57-38(51)24-10-16-28(55-20(2)44)30(18-24)53-4)35(47)42-41-34(46)22-7-13-26(14-8-22)40-33(45)21-5-11-25(39)12-6-21/h5-18,31-32H,1-4H3,(H,40,45)(H,41,46)(H,42,47)(H,48,49)/t31-,32+/m0/s1. The van der Waals surface area contributed by atoms with Gasteiger partial charge in [0.05, 0.1) is 25.3 Å². The van der Waals surface area contributed by atoms with Crippen molar-refractivity contribution in [3.63, 3.8) is 0 Å². The van der Waals surface area contributed by atoms with Gasteiger partial charge >= 0.3 is 29.8 Å². The molecule has 0 spiro atoms. The van der Waals surface area contributed by atoms with E-state index >= 15 is 0 Å². The van der Waals surface area contributed by atoms with Crippen molar-refractivity contribution in [3.8, 4) is 23.0 Å². The van der Waals surface area contributed by atoms with Gasteiger partial charge < -0.3 is 38.8 Å². The second kappa shape index (κ2) is 19.2. The van der Waals surface area contributed by atoms with Crippen molar-refractivity contribution in [2.45, 2.75) is 26.1 Å². The number of halogens is 1. The summed E-state index contributed by atoms with van der Waals surface area (Å²) in [6.07, 6.45) is -5.01. The Bertz CT molecular complexity index is 2210. The lowest BCUT2D eigenvalue weighted by molar-refractivity contribution is -0.159. The number of carboxylic acids is 1. The van der Waals surface area contributed by atoms with E-state index in [2.05, 4.69) is 10.7 Å². The average molecular weight is 806 g/mol. The highest BCUT2D eigenvalue weighted by molar-refractivity contribution is 6.30. The predicted octanol–water partition coefficient (Wildman–Crippen LogP) is 3.76. The highest BCUT2D eigenvalue weighted by atomic mass is 35.5. The Hall–Kier alpha value is -7.47. The second-order valence-corrected chi connectivity index (χ2v) is 11.8. The minimum Gasteiger partial charge on any atom is -0.493 e. The maximum atomic E-state index is 13.5. The van der Waals surface area contributed by atoms with Crippen LogP contribution in [0.2, 0.25) is 5.02 Å². The van der Waals surface area contributed by atoms with Crippen LogP contribution in [-0.4, -0.2) is 79.1 Å². The third kappa shape index (κ3) is 11.5. The van der Waals surface area contributed by atoms with Crippen LogP contribution in [0, 0.1) is 0 Å². The number of nitrogens with one attached hydrogen (secondary N) is 3. The first-order valence-electron chi connectivity index (χ1n) is 16.2. The molecule has 0 aliphatic carbocycles. The first kappa shape index (κ1) is 42.3. The monoisotopic (exact) mass is 805 g/mol. The predicted molar refractivity (Wildman–Crippen MR) is 196 cm³/mol. The molecule has 2 atom stereocenters. The SMILES string of the molecule is COc1cc(C(=O)O[C@H](C(=O)NNC(=O)c2ccc(NC(=O)c3ccc(Cl)cc3)cc2)[C@@H](OC(=O)c2ccc(OC(C)=O)c(OC)c2)C(=O)O)ccc1OC(C)=O. The van der Waals surface area contributed by atoms with Gasteiger partial charge in [0.2, 0.25) is 12.2 Å². The zero-order valence-corrected chi connectivity index (χ0v) is 31.0. The zero-order valence-electron chi connectivity index (χ0n) is 30.3. The summed E-state index contributed by atoms with van der Waals surface area (Å²) >= 11 is 5.86. The van der Waals surface area contributed by atoms with Crippen LogP contribution in [0.3, 0.4) is 0 Å². The van der Waals surface area contributed by atoms with Crippen LogP contribution < -0.4 is 35.1 Å². The van der Waals surface area contributed by atoms with Crippen LogP contribution in [0.1, 0.15) is 55.3 Å². The van der Waals surface area contributed by atoms with E-state index in [-0.39, 0.29) is 39.7 Å². The highest BCUT2D eigenvalue weighted by Gasteiger charge is 2.41. The van der Waals surface area contributed by atoms with E-state index in [0.717, 1.165) is 38.1 Å². The van der Waals surface area contributed by atoms with Crippen LogP contribution in [-0.2, 0) is 28.7 Å². The summed E-state index contributed by atoms with van der Waals surface area (Å²) < 4.78 is 30.7. The Labute approximate surface area is 327 Å². The van der Waals surface area contributed by atoms with E-state index in [4.69, 9.17) is 40.0 Å². The molecule has 0 aromatic heterocycles. The maximum absolute atomic E-state index is 13.5. The van der Waals surface area contributed by atoms with E-state index in [0.29, 0.717) is 16.3 Å². The maximum Gasteiger partial charge on any atom is 0.349 e. The molecule has 4 aromatic carbocycles. The quantitative estimate of drug-likeness (QED) is 0.0805. The summed E-state index contributed by atoms with van der Waals surface area (Å²) in [4.78, 5) is 101. The Morgan fingerprint density at radius 2 is 1.00 bits per heavy atom. The van der Waals surface area contributed by atoms with E-state index in [1.165, 1.54) is 74.9 Å². The van der Waals surface area contributed by atoms with Crippen molar-refractivity contribution in [1.82, 2.24) is 10.9 Å². The number of carboxylic acid groups (broad SMARTS) is 1. The van der Waals surface area contributed by atoms with Crippen LogP contribution in [0.15, 0.2) is 84.9 Å². The number of anilines is 1. The molecule has 18 nitrogen and oxygen atoms in total. The van der Waals surface area contributed by atoms with Gasteiger partial charge in [-0.1, -0.05) is 11.6 Å². The summed E-state index contributed by atoms with van der Waals surface area (Å²) in [7, 11) is 2.41. The molecule has 0 unspecified atom stereocenters. The number of benzene rings is 4. The van der Waals surface area contributed by atoms with Crippen molar-refractivity contribution in [2.75, 3.05) is 19.5 Å².